The quantitative estimate of drug-likeness (QED) is 0.299. The summed E-state index contributed by atoms with van der Waals surface area (Å²) in [6, 6.07) is 0. The van der Waals surface area contributed by atoms with Crippen LogP contribution in [0.1, 0.15) is 91.9 Å². The van der Waals surface area contributed by atoms with Crippen molar-refractivity contribution >= 4 is 11.4 Å². The van der Waals surface area contributed by atoms with Crippen LogP contribution in [0.3, 0.4) is 0 Å². The van der Waals surface area contributed by atoms with Crippen LogP contribution in [0, 0.1) is 0 Å². The summed E-state index contributed by atoms with van der Waals surface area (Å²) in [6.07, 6.45) is 12.4. The SMILES string of the molecule is CCCCCCCCN=C(CC)CC(CC)=NCCC. The minimum absolute atomic E-state index is 0.970. The highest BCUT2D eigenvalue weighted by Crippen LogP contribution is 2.06. The largest absolute Gasteiger partial charge is 0.294 e. The van der Waals surface area contributed by atoms with Gasteiger partial charge < -0.3 is 0 Å². The Hall–Kier alpha value is -0.660. The van der Waals surface area contributed by atoms with Crippen molar-refractivity contribution in [2.75, 3.05) is 13.1 Å². The van der Waals surface area contributed by atoms with Crippen LogP contribution in [0.4, 0.5) is 0 Å². The second kappa shape index (κ2) is 14.7. The van der Waals surface area contributed by atoms with Gasteiger partial charge in [0.05, 0.1) is 0 Å². The molecule has 2 heteroatoms. The molecule has 0 radical (unpaired) electrons. The highest BCUT2D eigenvalue weighted by molar-refractivity contribution is 6.04. The molecule has 0 fully saturated rings. The Kier molecular flexibility index (Phi) is 14.3. The molecular formula is C18H36N2. The van der Waals surface area contributed by atoms with Gasteiger partial charge in [-0.25, -0.2) is 0 Å². The molecule has 0 N–H and O–H groups in total. The van der Waals surface area contributed by atoms with E-state index in [0.29, 0.717) is 0 Å². The van der Waals surface area contributed by atoms with Crippen LogP contribution in [0.25, 0.3) is 0 Å². The van der Waals surface area contributed by atoms with Crippen LogP contribution >= 0.6 is 0 Å². The van der Waals surface area contributed by atoms with Gasteiger partial charge in [-0.05, 0) is 25.7 Å². The maximum Gasteiger partial charge on any atom is 0.0388 e. The van der Waals surface area contributed by atoms with Gasteiger partial charge in [0.25, 0.3) is 0 Å². The minimum Gasteiger partial charge on any atom is -0.294 e. The van der Waals surface area contributed by atoms with E-state index < -0.39 is 0 Å². The first-order valence-electron chi connectivity index (χ1n) is 8.82. The van der Waals surface area contributed by atoms with Gasteiger partial charge in [0.2, 0.25) is 0 Å². The molecule has 0 amide bonds. The molecule has 0 aromatic heterocycles. The van der Waals surface area contributed by atoms with E-state index in [-0.39, 0.29) is 0 Å². The van der Waals surface area contributed by atoms with Gasteiger partial charge in [-0.1, -0.05) is 59.8 Å². The molecule has 0 aliphatic heterocycles. The Morgan fingerprint density at radius 1 is 0.600 bits per heavy atom. The molecule has 0 aromatic rings. The zero-order valence-electron chi connectivity index (χ0n) is 14.4. The average Bonchev–Trinajstić information content (AvgIpc) is 2.48. The van der Waals surface area contributed by atoms with Gasteiger partial charge in [-0.15, -0.1) is 0 Å². The second-order valence-corrected chi connectivity index (χ2v) is 5.55. The fraction of sp³-hybridized carbons (Fsp3) is 0.889. The van der Waals surface area contributed by atoms with Crippen LogP contribution in [-0.4, -0.2) is 24.5 Å². The predicted octanol–water partition coefficient (Wildman–Crippen LogP) is 5.85. The molecule has 0 rings (SSSR count). The van der Waals surface area contributed by atoms with Gasteiger partial charge in [-0.3, -0.25) is 9.98 Å². The molecule has 0 spiro atoms. The van der Waals surface area contributed by atoms with Gasteiger partial charge in [0, 0.05) is 30.9 Å². The van der Waals surface area contributed by atoms with E-state index in [0.717, 1.165) is 38.8 Å². The van der Waals surface area contributed by atoms with Crippen molar-refractivity contribution in [1.29, 1.82) is 0 Å². The van der Waals surface area contributed by atoms with Crippen molar-refractivity contribution in [1.82, 2.24) is 0 Å². The van der Waals surface area contributed by atoms with Crippen LogP contribution in [0.5, 0.6) is 0 Å². The molecular weight excluding hydrogens is 244 g/mol. The van der Waals surface area contributed by atoms with E-state index in [4.69, 9.17) is 4.99 Å². The molecule has 0 saturated heterocycles. The highest BCUT2D eigenvalue weighted by atomic mass is 14.8. The van der Waals surface area contributed by atoms with Gasteiger partial charge in [0.1, 0.15) is 0 Å². The van der Waals surface area contributed by atoms with Crippen LogP contribution in [0.15, 0.2) is 9.98 Å². The van der Waals surface area contributed by atoms with E-state index in [2.05, 4.69) is 32.7 Å². The van der Waals surface area contributed by atoms with Crippen molar-refractivity contribution in [3.63, 3.8) is 0 Å². The van der Waals surface area contributed by atoms with E-state index in [1.165, 1.54) is 49.9 Å². The molecule has 20 heavy (non-hydrogen) atoms. The Bertz CT molecular complexity index is 267. The van der Waals surface area contributed by atoms with Crippen LogP contribution in [-0.2, 0) is 0 Å². The summed E-state index contributed by atoms with van der Waals surface area (Å²) in [4.78, 5) is 9.45. The van der Waals surface area contributed by atoms with Gasteiger partial charge in [0.15, 0.2) is 0 Å². The fourth-order valence-corrected chi connectivity index (χ4v) is 2.22. The third-order valence-electron chi connectivity index (χ3n) is 3.63. The summed E-state index contributed by atoms with van der Waals surface area (Å²) < 4.78 is 0. The second-order valence-electron chi connectivity index (χ2n) is 5.55. The standard InChI is InChI=1S/C18H36N2/c1-5-9-10-11-12-13-15-20-18(8-4)16-17(7-3)19-14-6-2/h5-16H2,1-4H3. The monoisotopic (exact) mass is 280 g/mol. The van der Waals surface area contributed by atoms with Crippen molar-refractivity contribution in [3.05, 3.63) is 0 Å². The Balaban J connectivity index is 3.95. The van der Waals surface area contributed by atoms with E-state index in [1.807, 2.05) is 0 Å². The van der Waals surface area contributed by atoms with Gasteiger partial charge >= 0.3 is 0 Å². The summed E-state index contributed by atoms with van der Waals surface area (Å²) in [5, 5.41) is 0. The van der Waals surface area contributed by atoms with Crippen molar-refractivity contribution in [3.8, 4) is 0 Å². The summed E-state index contributed by atoms with van der Waals surface area (Å²) in [7, 11) is 0. The molecule has 0 saturated carbocycles. The number of rotatable bonds is 13. The molecule has 0 unspecified atom stereocenters. The third-order valence-corrected chi connectivity index (χ3v) is 3.63. The highest BCUT2D eigenvalue weighted by Gasteiger charge is 2.02. The summed E-state index contributed by atoms with van der Waals surface area (Å²) in [5.74, 6) is 0. The number of hydrogen-bond acceptors (Lipinski definition) is 2. The van der Waals surface area contributed by atoms with E-state index in [9.17, 15) is 0 Å². The number of nitrogens with zero attached hydrogens (tertiary/aromatic N) is 2. The molecule has 118 valence electrons. The lowest BCUT2D eigenvalue weighted by atomic mass is 10.1. The molecule has 0 aliphatic rings. The number of aliphatic imine (C=N–C) groups is 2. The lowest BCUT2D eigenvalue weighted by Crippen LogP contribution is -2.08. The molecule has 0 bridgehead atoms. The van der Waals surface area contributed by atoms with Crippen LogP contribution in [0.2, 0.25) is 0 Å². The van der Waals surface area contributed by atoms with Crippen molar-refractivity contribution in [2.45, 2.75) is 91.9 Å². The lowest BCUT2D eigenvalue weighted by molar-refractivity contribution is 0.612. The van der Waals surface area contributed by atoms with Gasteiger partial charge in [-0.2, -0.15) is 0 Å². The summed E-state index contributed by atoms with van der Waals surface area (Å²) in [6.45, 7) is 10.9. The Labute approximate surface area is 127 Å². The van der Waals surface area contributed by atoms with E-state index in [1.54, 1.807) is 0 Å². The fourth-order valence-electron chi connectivity index (χ4n) is 2.22. The maximum absolute atomic E-state index is 4.79. The predicted molar refractivity (Wildman–Crippen MR) is 93.5 cm³/mol. The van der Waals surface area contributed by atoms with Crippen molar-refractivity contribution in [2.24, 2.45) is 9.98 Å². The molecule has 2 nitrogen and oxygen atoms in total. The first-order chi connectivity index (χ1) is 9.78. The first kappa shape index (κ1) is 19.3. The first-order valence-corrected chi connectivity index (χ1v) is 8.82. The Morgan fingerprint density at radius 3 is 1.70 bits per heavy atom. The molecule has 0 aliphatic carbocycles. The summed E-state index contributed by atoms with van der Waals surface area (Å²) in [5.41, 5.74) is 2.67. The number of hydrogen-bond donors (Lipinski definition) is 0. The lowest BCUT2D eigenvalue weighted by Gasteiger charge is -2.07. The molecule has 0 aromatic carbocycles. The number of unbranched alkanes of at least 4 members (excludes halogenated alkanes) is 5. The van der Waals surface area contributed by atoms with E-state index >= 15 is 0 Å². The zero-order chi connectivity index (χ0) is 15.1. The zero-order valence-corrected chi connectivity index (χ0v) is 14.4. The maximum atomic E-state index is 4.79. The van der Waals surface area contributed by atoms with Crippen molar-refractivity contribution < 1.29 is 0 Å². The average molecular weight is 280 g/mol. The Morgan fingerprint density at radius 2 is 1.15 bits per heavy atom. The van der Waals surface area contributed by atoms with Crippen LogP contribution < -0.4 is 0 Å². The molecule has 0 heterocycles. The third kappa shape index (κ3) is 11.2. The molecule has 0 atom stereocenters. The minimum atomic E-state index is 0.970. The normalized spacial score (nSPS) is 13.0. The topological polar surface area (TPSA) is 24.7 Å². The summed E-state index contributed by atoms with van der Waals surface area (Å²) >= 11 is 0. The smallest absolute Gasteiger partial charge is 0.0388 e.